The number of hydrogen-bond donors (Lipinski definition) is 1. The van der Waals surface area contributed by atoms with Crippen molar-refractivity contribution in [3.63, 3.8) is 0 Å². The Labute approximate surface area is 95.8 Å². The lowest BCUT2D eigenvalue weighted by Crippen LogP contribution is -2.14. The van der Waals surface area contributed by atoms with Crippen LogP contribution < -0.4 is 0 Å². The summed E-state index contributed by atoms with van der Waals surface area (Å²) in [4.78, 5) is 32.8. The first-order valence-corrected chi connectivity index (χ1v) is 4.79. The average molecular weight is 236 g/mol. The average Bonchev–Trinajstić information content (AvgIpc) is 2.55. The van der Waals surface area contributed by atoms with Gasteiger partial charge in [-0.25, -0.2) is 4.79 Å². The standard InChI is InChI=1S/C11H8O6/c12-8(13)5-9(14)16-11-7-4-2-1-3-6(7)10(15)17-11/h1-4,11H,5H2,(H,12,13). The van der Waals surface area contributed by atoms with E-state index in [1.807, 2.05) is 0 Å². The predicted molar refractivity (Wildman–Crippen MR) is 52.9 cm³/mol. The molecule has 0 aliphatic carbocycles. The molecule has 2 rings (SSSR count). The van der Waals surface area contributed by atoms with Crippen molar-refractivity contribution in [1.29, 1.82) is 0 Å². The van der Waals surface area contributed by atoms with Crippen LogP contribution in [0, 0.1) is 0 Å². The highest BCUT2D eigenvalue weighted by Crippen LogP contribution is 2.31. The van der Waals surface area contributed by atoms with Crippen molar-refractivity contribution in [1.82, 2.24) is 0 Å². The quantitative estimate of drug-likeness (QED) is 0.618. The summed E-state index contributed by atoms with van der Waals surface area (Å²) in [6.07, 6.45) is -1.92. The molecule has 88 valence electrons. The van der Waals surface area contributed by atoms with Crippen LogP contribution >= 0.6 is 0 Å². The second-order valence-corrected chi connectivity index (χ2v) is 3.38. The number of carbonyl (C=O) groups is 3. The van der Waals surface area contributed by atoms with E-state index in [2.05, 4.69) is 0 Å². The number of carboxylic acids is 1. The Balaban J connectivity index is 2.13. The highest BCUT2D eigenvalue weighted by molar-refractivity contribution is 5.94. The van der Waals surface area contributed by atoms with Crippen LogP contribution in [-0.4, -0.2) is 23.0 Å². The normalized spacial score (nSPS) is 17.2. The SMILES string of the molecule is O=C(O)CC(=O)OC1OC(=O)c2ccccc21. The number of ether oxygens (including phenoxy) is 2. The van der Waals surface area contributed by atoms with Crippen molar-refractivity contribution in [2.75, 3.05) is 0 Å². The fourth-order valence-corrected chi connectivity index (χ4v) is 1.48. The molecule has 1 aliphatic rings. The molecule has 0 saturated heterocycles. The zero-order valence-corrected chi connectivity index (χ0v) is 8.58. The number of aliphatic carboxylic acids is 1. The number of rotatable bonds is 3. The fraction of sp³-hybridized carbons (Fsp3) is 0.182. The summed E-state index contributed by atoms with van der Waals surface area (Å²) < 4.78 is 9.57. The lowest BCUT2D eigenvalue weighted by Gasteiger charge is -2.10. The van der Waals surface area contributed by atoms with Crippen LogP contribution in [0.1, 0.15) is 28.6 Å². The maximum Gasteiger partial charge on any atom is 0.342 e. The van der Waals surface area contributed by atoms with Gasteiger partial charge < -0.3 is 14.6 Å². The maximum atomic E-state index is 11.3. The van der Waals surface area contributed by atoms with Gasteiger partial charge in [-0.15, -0.1) is 0 Å². The van der Waals surface area contributed by atoms with Gasteiger partial charge in [-0.3, -0.25) is 9.59 Å². The maximum absolute atomic E-state index is 11.3. The highest BCUT2D eigenvalue weighted by Gasteiger charge is 2.33. The van der Waals surface area contributed by atoms with E-state index in [1.54, 1.807) is 24.3 Å². The second kappa shape index (κ2) is 4.25. The Bertz CT molecular complexity index is 492. The van der Waals surface area contributed by atoms with Gasteiger partial charge >= 0.3 is 17.9 Å². The van der Waals surface area contributed by atoms with Gasteiger partial charge in [-0.2, -0.15) is 0 Å². The van der Waals surface area contributed by atoms with Gasteiger partial charge in [-0.1, -0.05) is 18.2 Å². The van der Waals surface area contributed by atoms with Gasteiger partial charge in [0.2, 0.25) is 0 Å². The zero-order valence-electron chi connectivity index (χ0n) is 8.58. The number of carboxylic acid groups (broad SMARTS) is 1. The molecular formula is C11H8O6. The van der Waals surface area contributed by atoms with Crippen LogP contribution in [-0.2, 0) is 19.1 Å². The molecule has 1 unspecified atom stereocenters. The molecule has 0 bridgehead atoms. The number of cyclic esters (lactones) is 1. The lowest BCUT2D eigenvalue weighted by atomic mass is 10.1. The number of hydrogen-bond acceptors (Lipinski definition) is 5. The lowest BCUT2D eigenvalue weighted by molar-refractivity contribution is -0.170. The Morgan fingerprint density at radius 2 is 2.06 bits per heavy atom. The van der Waals surface area contributed by atoms with Gasteiger partial charge in [0.05, 0.1) is 5.56 Å². The van der Waals surface area contributed by atoms with Crippen molar-refractivity contribution in [3.05, 3.63) is 35.4 Å². The first kappa shape index (κ1) is 11.1. The topological polar surface area (TPSA) is 89.9 Å². The Morgan fingerprint density at radius 3 is 2.76 bits per heavy atom. The molecule has 1 aromatic carbocycles. The van der Waals surface area contributed by atoms with E-state index >= 15 is 0 Å². The molecule has 0 spiro atoms. The Morgan fingerprint density at radius 1 is 1.35 bits per heavy atom. The fourth-order valence-electron chi connectivity index (χ4n) is 1.48. The first-order valence-electron chi connectivity index (χ1n) is 4.79. The van der Waals surface area contributed by atoms with Crippen LogP contribution in [0.2, 0.25) is 0 Å². The van der Waals surface area contributed by atoms with E-state index in [0.29, 0.717) is 11.1 Å². The zero-order chi connectivity index (χ0) is 12.4. The molecule has 1 atom stereocenters. The van der Waals surface area contributed by atoms with Crippen molar-refractivity contribution < 1.29 is 29.0 Å². The predicted octanol–water partition coefficient (Wildman–Crippen LogP) is 0.873. The Hall–Kier alpha value is -2.37. The van der Waals surface area contributed by atoms with Crippen molar-refractivity contribution in [2.45, 2.75) is 12.7 Å². The van der Waals surface area contributed by atoms with E-state index in [1.165, 1.54) is 0 Å². The minimum atomic E-state index is -1.30. The van der Waals surface area contributed by atoms with Gasteiger partial charge in [0.1, 0.15) is 6.42 Å². The van der Waals surface area contributed by atoms with E-state index in [4.69, 9.17) is 14.6 Å². The molecule has 1 aromatic rings. The summed E-state index contributed by atoms with van der Waals surface area (Å²) in [5.74, 6) is -2.84. The van der Waals surface area contributed by atoms with Crippen molar-refractivity contribution in [3.8, 4) is 0 Å². The molecule has 0 amide bonds. The molecule has 0 saturated carbocycles. The van der Waals surface area contributed by atoms with Gasteiger partial charge in [0.15, 0.2) is 0 Å². The first-order chi connectivity index (χ1) is 8.08. The summed E-state index contributed by atoms with van der Waals surface area (Å²) in [5, 5.41) is 8.40. The molecule has 1 N–H and O–H groups in total. The third-order valence-electron chi connectivity index (χ3n) is 2.18. The van der Waals surface area contributed by atoms with Crippen LogP contribution in [0.4, 0.5) is 0 Å². The summed E-state index contributed by atoms with van der Waals surface area (Å²) in [5.41, 5.74) is 0.747. The molecule has 1 aliphatic heterocycles. The summed E-state index contributed by atoms with van der Waals surface area (Å²) in [7, 11) is 0. The molecule has 0 radical (unpaired) electrons. The van der Waals surface area contributed by atoms with E-state index in [9.17, 15) is 14.4 Å². The second-order valence-electron chi connectivity index (χ2n) is 3.38. The van der Waals surface area contributed by atoms with E-state index < -0.39 is 30.6 Å². The number of fused-ring (bicyclic) bond motifs is 1. The largest absolute Gasteiger partial charge is 0.481 e. The van der Waals surface area contributed by atoms with Gasteiger partial charge in [0.25, 0.3) is 6.29 Å². The van der Waals surface area contributed by atoms with E-state index in [0.717, 1.165) is 0 Å². The smallest absolute Gasteiger partial charge is 0.342 e. The highest BCUT2D eigenvalue weighted by atomic mass is 16.7. The number of esters is 2. The molecule has 0 aromatic heterocycles. The molecule has 0 fully saturated rings. The third-order valence-corrected chi connectivity index (χ3v) is 2.18. The van der Waals surface area contributed by atoms with Crippen LogP contribution in [0.15, 0.2) is 24.3 Å². The van der Waals surface area contributed by atoms with Crippen LogP contribution in [0.3, 0.4) is 0 Å². The van der Waals surface area contributed by atoms with E-state index in [-0.39, 0.29) is 0 Å². The van der Waals surface area contributed by atoms with Crippen molar-refractivity contribution >= 4 is 17.9 Å². The van der Waals surface area contributed by atoms with Crippen LogP contribution in [0.5, 0.6) is 0 Å². The van der Waals surface area contributed by atoms with Gasteiger partial charge in [0, 0.05) is 5.56 Å². The van der Waals surface area contributed by atoms with Crippen molar-refractivity contribution in [2.24, 2.45) is 0 Å². The molecular weight excluding hydrogens is 228 g/mol. The Kier molecular flexibility index (Phi) is 2.78. The molecule has 1 heterocycles. The summed E-state index contributed by atoms with van der Waals surface area (Å²) >= 11 is 0. The molecule has 6 heteroatoms. The summed E-state index contributed by atoms with van der Waals surface area (Å²) in [6.45, 7) is 0. The van der Waals surface area contributed by atoms with Gasteiger partial charge in [-0.05, 0) is 6.07 Å². The van der Waals surface area contributed by atoms with Crippen LogP contribution in [0.25, 0.3) is 0 Å². The number of carbonyl (C=O) groups excluding carboxylic acids is 2. The minimum absolute atomic E-state index is 0.320. The summed E-state index contributed by atoms with van der Waals surface area (Å²) in [6, 6.07) is 6.45. The number of benzene rings is 1. The third kappa shape index (κ3) is 2.25. The molecule has 6 nitrogen and oxygen atoms in total. The minimum Gasteiger partial charge on any atom is -0.481 e. The molecule has 17 heavy (non-hydrogen) atoms. The monoisotopic (exact) mass is 236 g/mol.